The van der Waals surface area contributed by atoms with Crippen LogP contribution in [0, 0.1) is 5.41 Å². The minimum Gasteiger partial charge on any atom is -0.312 e. The summed E-state index contributed by atoms with van der Waals surface area (Å²) in [6.45, 7) is 15.4. The summed E-state index contributed by atoms with van der Waals surface area (Å²) in [4.78, 5) is 2.53. The average molecular weight is 283 g/mol. The lowest BCUT2D eigenvalue weighted by molar-refractivity contribution is 0.283. The van der Waals surface area contributed by atoms with Crippen LogP contribution in [0.25, 0.3) is 0 Å². The van der Waals surface area contributed by atoms with Gasteiger partial charge < -0.3 is 10.2 Å². The van der Waals surface area contributed by atoms with Crippen LogP contribution in [-0.2, 0) is 0 Å². The highest BCUT2D eigenvalue weighted by molar-refractivity contribution is 4.81. The van der Waals surface area contributed by atoms with Crippen LogP contribution in [-0.4, -0.2) is 36.6 Å². The first-order valence-corrected chi connectivity index (χ1v) is 8.95. The van der Waals surface area contributed by atoms with Crippen LogP contribution in [0.5, 0.6) is 0 Å². The summed E-state index contributed by atoms with van der Waals surface area (Å²) in [5, 5.41) is 3.89. The minimum absolute atomic E-state index is 0.572. The van der Waals surface area contributed by atoms with E-state index in [0.29, 0.717) is 11.5 Å². The molecule has 1 aliphatic rings. The third-order valence-electron chi connectivity index (χ3n) is 5.10. The van der Waals surface area contributed by atoms with Gasteiger partial charge in [-0.1, -0.05) is 34.1 Å². The summed E-state index contributed by atoms with van der Waals surface area (Å²) in [6.07, 6.45) is 9.58. The van der Waals surface area contributed by atoms with E-state index in [1.165, 1.54) is 64.6 Å². The monoisotopic (exact) mass is 282 g/mol. The molecule has 1 aliphatic carbocycles. The van der Waals surface area contributed by atoms with Crippen molar-refractivity contribution in [3.05, 3.63) is 0 Å². The fourth-order valence-electron chi connectivity index (χ4n) is 3.47. The molecular formula is C18H38N2. The van der Waals surface area contributed by atoms with Gasteiger partial charge in [0.2, 0.25) is 0 Å². The van der Waals surface area contributed by atoms with E-state index in [1.54, 1.807) is 0 Å². The van der Waals surface area contributed by atoms with Crippen molar-refractivity contribution in [3.8, 4) is 0 Å². The Balaban J connectivity index is 2.20. The molecule has 1 saturated carbocycles. The number of hydrogen-bond donors (Lipinski definition) is 1. The molecule has 2 atom stereocenters. The summed E-state index contributed by atoms with van der Waals surface area (Å²) >= 11 is 0. The van der Waals surface area contributed by atoms with Crippen LogP contribution in [0.3, 0.4) is 0 Å². The van der Waals surface area contributed by atoms with E-state index in [4.69, 9.17) is 0 Å². The molecule has 0 spiro atoms. The Bertz CT molecular complexity index is 246. The van der Waals surface area contributed by atoms with Gasteiger partial charge in [0.15, 0.2) is 0 Å². The van der Waals surface area contributed by atoms with Gasteiger partial charge in [-0.05, 0) is 70.5 Å². The smallest absolute Gasteiger partial charge is 0.00697 e. The third kappa shape index (κ3) is 7.08. The lowest BCUT2D eigenvalue weighted by atomic mass is 9.85. The van der Waals surface area contributed by atoms with E-state index >= 15 is 0 Å². The Labute approximate surface area is 127 Å². The van der Waals surface area contributed by atoms with Crippen molar-refractivity contribution in [1.29, 1.82) is 0 Å². The van der Waals surface area contributed by atoms with E-state index in [1.807, 2.05) is 0 Å². The fraction of sp³-hybridized carbons (Fsp3) is 1.00. The Hall–Kier alpha value is -0.0800. The molecule has 0 radical (unpaired) electrons. The lowest BCUT2D eigenvalue weighted by Gasteiger charge is -2.25. The Morgan fingerprint density at radius 1 is 1.15 bits per heavy atom. The van der Waals surface area contributed by atoms with E-state index in [-0.39, 0.29) is 0 Å². The molecule has 2 unspecified atom stereocenters. The molecule has 1 N–H and O–H groups in total. The Kier molecular flexibility index (Phi) is 8.13. The molecule has 20 heavy (non-hydrogen) atoms. The molecule has 0 aromatic carbocycles. The normalized spacial score (nSPS) is 24.6. The number of nitrogens with zero attached hydrogens (tertiary/aromatic N) is 1. The van der Waals surface area contributed by atoms with Crippen molar-refractivity contribution in [2.45, 2.75) is 91.6 Å². The Morgan fingerprint density at radius 2 is 1.85 bits per heavy atom. The molecule has 120 valence electrons. The zero-order chi connectivity index (χ0) is 15.0. The molecule has 0 aromatic rings. The van der Waals surface area contributed by atoms with Crippen LogP contribution >= 0.6 is 0 Å². The minimum atomic E-state index is 0.572. The predicted molar refractivity (Wildman–Crippen MR) is 90.3 cm³/mol. The second-order valence-corrected chi connectivity index (χ2v) is 7.53. The zero-order valence-corrected chi connectivity index (χ0v) is 14.7. The summed E-state index contributed by atoms with van der Waals surface area (Å²) in [6, 6.07) is 1.44. The molecule has 1 fully saturated rings. The number of rotatable bonds is 8. The van der Waals surface area contributed by atoms with Gasteiger partial charge in [-0.15, -0.1) is 0 Å². The van der Waals surface area contributed by atoms with Crippen molar-refractivity contribution in [1.82, 2.24) is 10.2 Å². The quantitative estimate of drug-likeness (QED) is 0.662. The summed E-state index contributed by atoms with van der Waals surface area (Å²) in [7, 11) is 0. The zero-order valence-electron chi connectivity index (χ0n) is 14.7. The van der Waals surface area contributed by atoms with Gasteiger partial charge in [-0.25, -0.2) is 0 Å². The summed E-state index contributed by atoms with van der Waals surface area (Å²) in [5.74, 6) is 0. The van der Waals surface area contributed by atoms with E-state index in [2.05, 4.69) is 44.8 Å². The average Bonchev–Trinajstić information content (AvgIpc) is 2.56. The van der Waals surface area contributed by atoms with Crippen molar-refractivity contribution >= 4 is 0 Å². The summed E-state index contributed by atoms with van der Waals surface area (Å²) < 4.78 is 0. The molecule has 2 heteroatoms. The predicted octanol–water partition coefficient (Wildman–Crippen LogP) is 4.45. The standard InChI is InChI=1S/C18H38N2/c1-6-20(7-2)15-9-10-16(3)19-17-11-8-13-18(4,5)14-12-17/h16-17,19H,6-15H2,1-5H3. The second-order valence-electron chi connectivity index (χ2n) is 7.53. The number of hydrogen-bond acceptors (Lipinski definition) is 2. The third-order valence-corrected chi connectivity index (χ3v) is 5.10. The first kappa shape index (κ1) is 18.0. The fourth-order valence-corrected chi connectivity index (χ4v) is 3.47. The first-order chi connectivity index (χ1) is 9.46. The van der Waals surface area contributed by atoms with Gasteiger partial charge >= 0.3 is 0 Å². The van der Waals surface area contributed by atoms with E-state index in [0.717, 1.165) is 6.04 Å². The van der Waals surface area contributed by atoms with Gasteiger partial charge in [0, 0.05) is 12.1 Å². The van der Waals surface area contributed by atoms with Crippen molar-refractivity contribution in [2.24, 2.45) is 5.41 Å². The van der Waals surface area contributed by atoms with Crippen molar-refractivity contribution in [2.75, 3.05) is 19.6 Å². The van der Waals surface area contributed by atoms with Gasteiger partial charge in [0.25, 0.3) is 0 Å². The van der Waals surface area contributed by atoms with Crippen LogP contribution in [0.1, 0.15) is 79.6 Å². The van der Waals surface area contributed by atoms with Crippen LogP contribution < -0.4 is 5.32 Å². The molecule has 0 amide bonds. The molecule has 0 aliphatic heterocycles. The van der Waals surface area contributed by atoms with Crippen molar-refractivity contribution in [3.63, 3.8) is 0 Å². The van der Waals surface area contributed by atoms with E-state index in [9.17, 15) is 0 Å². The van der Waals surface area contributed by atoms with Crippen LogP contribution in [0.4, 0.5) is 0 Å². The van der Waals surface area contributed by atoms with Gasteiger partial charge in [-0.3, -0.25) is 0 Å². The molecule has 0 aromatic heterocycles. The van der Waals surface area contributed by atoms with Crippen LogP contribution in [0.15, 0.2) is 0 Å². The molecule has 0 saturated heterocycles. The first-order valence-electron chi connectivity index (χ1n) is 8.95. The van der Waals surface area contributed by atoms with Gasteiger partial charge in [0.1, 0.15) is 0 Å². The lowest BCUT2D eigenvalue weighted by Crippen LogP contribution is -2.37. The van der Waals surface area contributed by atoms with Gasteiger partial charge in [-0.2, -0.15) is 0 Å². The summed E-state index contributed by atoms with van der Waals surface area (Å²) in [5.41, 5.74) is 0.572. The molecule has 2 nitrogen and oxygen atoms in total. The molecule has 0 bridgehead atoms. The highest BCUT2D eigenvalue weighted by Crippen LogP contribution is 2.33. The Morgan fingerprint density at radius 3 is 2.50 bits per heavy atom. The van der Waals surface area contributed by atoms with E-state index < -0.39 is 0 Å². The highest BCUT2D eigenvalue weighted by Gasteiger charge is 2.24. The van der Waals surface area contributed by atoms with Gasteiger partial charge in [0.05, 0.1) is 0 Å². The molecular weight excluding hydrogens is 244 g/mol. The van der Waals surface area contributed by atoms with Crippen molar-refractivity contribution < 1.29 is 0 Å². The van der Waals surface area contributed by atoms with Crippen LogP contribution in [0.2, 0.25) is 0 Å². The molecule has 1 rings (SSSR count). The maximum atomic E-state index is 3.89. The topological polar surface area (TPSA) is 15.3 Å². The second kappa shape index (κ2) is 9.04. The SMILES string of the molecule is CCN(CC)CCCC(C)NC1CCCC(C)(C)CC1. The maximum Gasteiger partial charge on any atom is 0.00697 e. The molecule has 0 heterocycles. The largest absolute Gasteiger partial charge is 0.312 e. The number of nitrogens with one attached hydrogen (secondary N) is 1. The highest BCUT2D eigenvalue weighted by atomic mass is 15.1. The maximum absolute atomic E-state index is 3.89.